The third-order valence-corrected chi connectivity index (χ3v) is 2.30. The second-order valence-electron chi connectivity index (χ2n) is 4.87. The van der Waals surface area contributed by atoms with E-state index in [1.807, 2.05) is 20.8 Å². The first-order chi connectivity index (χ1) is 8.44. The molecule has 0 aromatic heterocycles. The minimum atomic E-state index is -0.318. The molecule has 1 aliphatic heterocycles. The average Bonchev–Trinajstić information content (AvgIpc) is 2.29. The van der Waals surface area contributed by atoms with E-state index in [2.05, 4.69) is 20.1 Å². The maximum absolute atomic E-state index is 9.60. The third kappa shape index (κ3) is 7.89. The number of carbonyl (C=O) groups is 1. The van der Waals surface area contributed by atoms with E-state index in [4.69, 9.17) is 10.3 Å². The fourth-order valence-electron chi connectivity index (χ4n) is 1.40. The molecule has 7 nitrogen and oxygen atoms in total. The lowest BCUT2D eigenvalue weighted by molar-refractivity contribution is -0.138. The quantitative estimate of drug-likeness (QED) is 0.360. The molecular weight excluding hydrogens is 236 g/mol. The molecule has 0 aromatic carbocycles. The van der Waals surface area contributed by atoms with Gasteiger partial charge in [-0.1, -0.05) is 5.11 Å². The molecule has 1 N–H and O–H groups in total. The summed E-state index contributed by atoms with van der Waals surface area (Å²) in [6.45, 7) is 7.61. The highest BCUT2D eigenvalue weighted by molar-refractivity contribution is 5.37. The summed E-state index contributed by atoms with van der Waals surface area (Å²) in [5.74, 6) is 0. The summed E-state index contributed by atoms with van der Waals surface area (Å²) in [5, 5.41) is 6.82. The first-order valence-electron chi connectivity index (χ1n) is 5.83. The van der Waals surface area contributed by atoms with Crippen LogP contribution in [0.1, 0.15) is 27.2 Å². The van der Waals surface area contributed by atoms with Gasteiger partial charge in [0.25, 0.3) is 6.47 Å². The number of nitrogens with zero attached hydrogens (tertiary/aromatic N) is 3. The van der Waals surface area contributed by atoms with Gasteiger partial charge < -0.3 is 14.8 Å². The molecule has 1 rings (SSSR count). The lowest BCUT2D eigenvalue weighted by Gasteiger charge is -2.27. The van der Waals surface area contributed by atoms with Crippen LogP contribution in [-0.4, -0.2) is 44.4 Å². The summed E-state index contributed by atoms with van der Waals surface area (Å²) in [7, 11) is 1.64. The van der Waals surface area contributed by atoms with E-state index in [-0.39, 0.29) is 17.7 Å². The first-order valence-corrected chi connectivity index (χ1v) is 5.83. The van der Waals surface area contributed by atoms with Gasteiger partial charge in [-0.05, 0) is 39.3 Å². The van der Waals surface area contributed by atoms with Gasteiger partial charge in [0.1, 0.15) is 5.60 Å². The van der Waals surface area contributed by atoms with Gasteiger partial charge in [0.05, 0.1) is 12.1 Å². The first kappa shape index (κ1) is 16.7. The summed E-state index contributed by atoms with van der Waals surface area (Å²) < 4.78 is 9.68. The van der Waals surface area contributed by atoms with Crippen molar-refractivity contribution in [3.8, 4) is 0 Å². The Morgan fingerprint density at radius 2 is 2.17 bits per heavy atom. The van der Waals surface area contributed by atoms with Crippen LogP contribution in [0, 0.1) is 0 Å². The molecule has 0 saturated carbocycles. The Bertz CT molecular complexity index is 285. The van der Waals surface area contributed by atoms with Crippen LogP contribution in [0.2, 0.25) is 0 Å². The van der Waals surface area contributed by atoms with Gasteiger partial charge in [0.2, 0.25) is 0 Å². The Morgan fingerprint density at radius 3 is 2.56 bits per heavy atom. The molecule has 1 fully saturated rings. The molecule has 104 valence electrons. The number of carbonyl (C=O) groups excluding carboxylic acids is 1. The van der Waals surface area contributed by atoms with Gasteiger partial charge >= 0.3 is 0 Å². The number of rotatable bonds is 3. The average molecular weight is 258 g/mol. The highest BCUT2D eigenvalue weighted by Crippen LogP contribution is 2.10. The molecule has 1 heterocycles. The molecule has 0 aromatic rings. The van der Waals surface area contributed by atoms with Crippen molar-refractivity contribution in [2.75, 3.05) is 20.2 Å². The summed E-state index contributed by atoms with van der Waals surface area (Å²) in [6.07, 6.45) is 0.905. The molecule has 2 atom stereocenters. The Labute approximate surface area is 107 Å². The highest BCUT2D eigenvalue weighted by Gasteiger charge is 2.22. The Balaban J connectivity index is 0.000000360. The Kier molecular flexibility index (Phi) is 8.11. The number of hydrogen-bond donors (Lipinski definition) is 1. The van der Waals surface area contributed by atoms with E-state index in [9.17, 15) is 4.79 Å². The lowest BCUT2D eigenvalue weighted by Crippen LogP contribution is -2.43. The maximum atomic E-state index is 9.60. The standard InChI is InChI=1S/C6H12N4O.C5H10O2/c1-11-6-4-8-3-2-5(6)9-10-7;1-5(2,3)7-4-6/h5-6,8H,2-4H2,1H3;4H,1-3H3/t5-,6-;/m1./s1. The van der Waals surface area contributed by atoms with Crippen LogP contribution in [0.3, 0.4) is 0 Å². The zero-order valence-corrected chi connectivity index (χ0v) is 11.4. The second-order valence-corrected chi connectivity index (χ2v) is 4.87. The maximum Gasteiger partial charge on any atom is 0.293 e. The monoisotopic (exact) mass is 258 g/mol. The van der Waals surface area contributed by atoms with Gasteiger partial charge in [0.15, 0.2) is 0 Å². The molecule has 0 bridgehead atoms. The fourth-order valence-corrected chi connectivity index (χ4v) is 1.40. The second kappa shape index (κ2) is 8.74. The summed E-state index contributed by atoms with van der Waals surface area (Å²) in [6, 6.07) is 0.00579. The van der Waals surface area contributed by atoms with Gasteiger partial charge in [-0.25, -0.2) is 0 Å². The van der Waals surface area contributed by atoms with Crippen LogP contribution < -0.4 is 5.32 Å². The van der Waals surface area contributed by atoms with Gasteiger partial charge in [0, 0.05) is 18.6 Å². The predicted octanol–water partition coefficient (Wildman–Crippen LogP) is 1.63. The number of methoxy groups -OCH3 is 1. The molecule has 0 spiro atoms. The van der Waals surface area contributed by atoms with E-state index >= 15 is 0 Å². The van der Waals surface area contributed by atoms with Crippen molar-refractivity contribution in [1.29, 1.82) is 0 Å². The van der Waals surface area contributed by atoms with E-state index in [1.54, 1.807) is 7.11 Å². The van der Waals surface area contributed by atoms with E-state index in [0.29, 0.717) is 6.47 Å². The minimum Gasteiger partial charge on any atom is -0.462 e. The summed E-state index contributed by atoms with van der Waals surface area (Å²) in [4.78, 5) is 12.4. The van der Waals surface area contributed by atoms with Gasteiger partial charge in [-0.3, -0.25) is 4.79 Å². The predicted molar refractivity (Wildman–Crippen MR) is 68.1 cm³/mol. The normalized spacial score (nSPS) is 23.1. The van der Waals surface area contributed by atoms with E-state index in [1.165, 1.54) is 0 Å². The number of hydrogen-bond acceptors (Lipinski definition) is 5. The number of nitrogens with one attached hydrogen (secondary N) is 1. The van der Waals surface area contributed by atoms with Crippen molar-refractivity contribution in [2.45, 2.75) is 44.9 Å². The molecule has 0 unspecified atom stereocenters. The van der Waals surface area contributed by atoms with Gasteiger partial charge in [-0.2, -0.15) is 0 Å². The van der Waals surface area contributed by atoms with Crippen molar-refractivity contribution in [3.05, 3.63) is 10.4 Å². The van der Waals surface area contributed by atoms with Crippen LogP contribution in [0.25, 0.3) is 10.4 Å². The molecule has 1 saturated heterocycles. The topological polar surface area (TPSA) is 96.3 Å². The zero-order valence-electron chi connectivity index (χ0n) is 11.4. The number of azide groups is 1. The molecule has 0 radical (unpaired) electrons. The van der Waals surface area contributed by atoms with E-state index < -0.39 is 0 Å². The van der Waals surface area contributed by atoms with Crippen LogP contribution >= 0.6 is 0 Å². The molecule has 7 heteroatoms. The Hall–Kier alpha value is -1.30. The van der Waals surface area contributed by atoms with Crippen molar-refractivity contribution >= 4 is 6.47 Å². The van der Waals surface area contributed by atoms with Crippen LogP contribution in [-0.2, 0) is 14.3 Å². The number of ether oxygens (including phenoxy) is 2. The minimum absolute atomic E-state index is 0.00579. The highest BCUT2D eigenvalue weighted by atomic mass is 16.5. The van der Waals surface area contributed by atoms with Gasteiger partial charge in [-0.15, -0.1) is 0 Å². The van der Waals surface area contributed by atoms with Crippen LogP contribution in [0.4, 0.5) is 0 Å². The van der Waals surface area contributed by atoms with Crippen molar-refractivity contribution in [1.82, 2.24) is 5.32 Å². The molecule has 18 heavy (non-hydrogen) atoms. The van der Waals surface area contributed by atoms with Crippen molar-refractivity contribution in [3.63, 3.8) is 0 Å². The number of piperidine rings is 1. The summed E-state index contributed by atoms with van der Waals surface area (Å²) in [5.41, 5.74) is 7.90. The third-order valence-electron chi connectivity index (χ3n) is 2.30. The summed E-state index contributed by atoms with van der Waals surface area (Å²) >= 11 is 0. The van der Waals surface area contributed by atoms with Crippen molar-refractivity contribution < 1.29 is 14.3 Å². The van der Waals surface area contributed by atoms with Crippen molar-refractivity contribution in [2.24, 2.45) is 5.11 Å². The fraction of sp³-hybridized carbons (Fsp3) is 0.909. The Morgan fingerprint density at radius 1 is 1.50 bits per heavy atom. The molecule has 0 aliphatic carbocycles. The zero-order chi connectivity index (χ0) is 14.0. The van der Waals surface area contributed by atoms with Crippen LogP contribution in [0.15, 0.2) is 5.11 Å². The van der Waals surface area contributed by atoms with E-state index in [0.717, 1.165) is 19.5 Å². The van der Waals surface area contributed by atoms with Crippen LogP contribution in [0.5, 0.6) is 0 Å². The smallest absolute Gasteiger partial charge is 0.293 e. The molecule has 0 amide bonds. The largest absolute Gasteiger partial charge is 0.462 e. The lowest BCUT2D eigenvalue weighted by atomic mass is 10.1. The molecular formula is C11H22N4O3. The molecule has 1 aliphatic rings. The SMILES string of the molecule is CC(C)(C)OC=O.CO[C@@H]1CNCC[C@H]1N=[N+]=[N-].